The molecule has 2 amide bonds. The second-order valence-electron chi connectivity index (χ2n) is 7.45. The zero-order chi connectivity index (χ0) is 23.1. The van der Waals surface area contributed by atoms with Gasteiger partial charge in [0.2, 0.25) is 5.91 Å². The van der Waals surface area contributed by atoms with Crippen LogP contribution in [0.5, 0.6) is 5.75 Å². The first-order valence-corrected chi connectivity index (χ1v) is 11.6. The molecular formula is C23H27BrCl2N2O3. The normalized spacial score (nSPS) is 12.7. The molecule has 2 rings (SSSR count). The summed E-state index contributed by atoms with van der Waals surface area (Å²) >= 11 is 15.8. The molecule has 0 saturated carbocycles. The highest BCUT2D eigenvalue weighted by atomic mass is 79.9. The van der Waals surface area contributed by atoms with E-state index in [1.54, 1.807) is 31.2 Å². The first kappa shape index (κ1) is 25.5. The number of carbonyl (C=O) groups excluding carboxylic acids is 2. The van der Waals surface area contributed by atoms with E-state index in [2.05, 4.69) is 21.2 Å². The summed E-state index contributed by atoms with van der Waals surface area (Å²) in [5.74, 6) is 0.0286. The van der Waals surface area contributed by atoms with E-state index >= 15 is 0 Å². The van der Waals surface area contributed by atoms with Crippen LogP contribution in [0.2, 0.25) is 10.0 Å². The van der Waals surface area contributed by atoms with Gasteiger partial charge in [-0.1, -0.05) is 52.1 Å². The Balaban J connectivity index is 2.21. The number of ether oxygens (including phenoxy) is 1. The van der Waals surface area contributed by atoms with E-state index in [0.29, 0.717) is 21.4 Å². The molecule has 0 aliphatic carbocycles. The number of aryl methyl sites for hydroxylation is 1. The van der Waals surface area contributed by atoms with Crippen LogP contribution in [0.3, 0.4) is 0 Å². The molecule has 1 N–H and O–H groups in total. The largest absolute Gasteiger partial charge is 0.484 e. The average Bonchev–Trinajstić information content (AvgIpc) is 2.73. The maximum Gasteiger partial charge on any atom is 0.261 e. The number of amides is 2. The van der Waals surface area contributed by atoms with Gasteiger partial charge in [0.25, 0.3) is 5.91 Å². The van der Waals surface area contributed by atoms with Crippen molar-refractivity contribution >= 4 is 50.9 Å². The predicted molar refractivity (Wildman–Crippen MR) is 129 cm³/mol. The van der Waals surface area contributed by atoms with Crippen LogP contribution in [-0.4, -0.2) is 35.4 Å². The van der Waals surface area contributed by atoms with E-state index in [1.165, 1.54) is 4.90 Å². The van der Waals surface area contributed by atoms with Crippen LogP contribution in [-0.2, 0) is 16.1 Å². The summed E-state index contributed by atoms with van der Waals surface area (Å²) in [4.78, 5) is 27.3. The lowest BCUT2D eigenvalue weighted by Crippen LogP contribution is -2.50. The monoisotopic (exact) mass is 528 g/mol. The van der Waals surface area contributed by atoms with Crippen LogP contribution in [0.1, 0.15) is 38.3 Å². The number of rotatable bonds is 9. The second-order valence-corrected chi connectivity index (χ2v) is 9.15. The van der Waals surface area contributed by atoms with Crippen LogP contribution in [0, 0.1) is 6.92 Å². The third-order valence-corrected chi connectivity index (χ3v) is 6.49. The van der Waals surface area contributed by atoms with Crippen LogP contribution in [0.4, 0.5) is 0 Å². The Hall–Kier alpha value is -1.76. The number of benzene rings is 2. The fourth-order valence-corrected chi connectivity index (χ4v) is 3.53. The van der Waals surface area contributed by atoms with E-state index < -0.39 is 6.04 Å². The van der Waals surface area contributed by atoms with Gasteiger partial charge in [-0.2, -0.15) is 0 Å². The van der Waals surface area contributed by atoms with Crippen molar-refractivity contribution in [2.75, 3.05) is 6.61 Å². The van der Waals surface area contributed by atoms with Gasteiger partial charge in [0, 0.05) is 27.1 Å². The first-order chi connectivity index (χ1) is 14.6. The molecule has 2 atom stereocenters. The molecule has 168 valence electrons. The number of halogens is 3. The van der Waals surface area contributed by atoms with Gasteiger partial charge in [-0.25, -0.2) is 0 Å². The van der Waals surface area contributed by atoms with E-state index in [-0.39, 0.29) is 31.0 Å². The summed E-state index contributed by atoms with van der Waals surface area (Å²) in [6.07, 6.45) is 0.793. The Labute approximate surface area is 202 Å². The number of hydrogen-bond acceptors (Lipinski definition) is 3. The summed E-state index contributed by atoms with van der Waals surface area (Å²) < 4.78 is 6.66. The molecular weight excluding hydrogens is 503 g/mol. The highest BCUT2D eigenvalue weighted by Gasteiger charge is 2.27. The Morgan fingerprint density at radius 3 is 2.48 bits per heavy atom. The van der Waals surface area contributed by atoms with Gasteiger partial charge in [-0.15, -0.1) is 0 Å². The molecule has 8 heteroatoms. The number of nitrogens with one attached hydrogen (secondary N) is 1. The predicted octanol–water partition coefficient (Wildman–Crippen LogP) is 5.78. The van der Waals surface area contributed by atoms with Gasteiger partial charge < -0.3 is 15.0 Å². The zero-order valence-electron chi connectivity index (χ0n) is 18.0. The lowest BCUT2D eigenvalue weighted by atomic mass is 10.1. The molecule has 0 fully saturated rings. The van der Waals surface area contributed by atoms with Crippen molar-refractivity contribution in [1.29, 1.82) is 0 Å². The van der Waals surface area contributed by atoms with Crippen molar-refractivity contribution in [1.82, 2.24) is 10.2 Å². The van der Waals surface area contributed by atoms with E-state index in [1.807, 2.05) is 32.9 Å². The van der Waals surface area contributed by atoms with Crippen molar-refractivity contribution in [2.45, 2.75) is 52.7 Å². The first-order valence-electron chi connectivity index (χ1n) is 10.0. The molecule has 2 aromatic carbocycles. The van der Waals surface area contributed by atoms with Crippen LogP contribution >= 0.6 is 39.1 Å². The second kappa shape index (κ2) is 11.7. The Morgan fingerprint density at radius 2 is 1.87 bits per heavy atom. The summed E-state index contributed by atoms with van der Waals surface area (Å²) in [6, 6.07) is 9.87. The van der Waals surface area contributed by atoms with Gasteiger partial charge in [0.1, 0.15) is 11.8 Å². The van der Waals surface area contributed by atoms with Crippen molar-refractivity contribution in [2.24, 2.45) is 0 Å². The van der Waals surface area contributed by atoms with Gasteiger partial charge >= 0.3 is 0 Å². The summed E-state index contributed by atoms with van der Waals surface area (Å²) in [6.45, 7) is 7.50. The van der Waals surface area contributed by atoms with Gasteiger partial charge in [-0.3, -0.25) is 9.59 Å². The third-order valence-electron chi connectivity index (χ3n) is 5.02. The van der Waals surface area contributed by atoms with E-state index in [0.717, 1.165) is 16.5 Å². The molecule has 0 saturated heterocycles. The van der Waals surface area contributed by atoms with Crippen LogP contribution in [0.25, 0.3) is 0 Å². The third kappa shape index (κ3) is 7.41. The van der Waals surface area contributed by atoms with Crippen molar-refractivity contribution in [3.05, 3.63) is 62.0 Å². The molecule has 0 bridgehead atoms. The van der Waals surface area contributed by atoms with Gasteiger partial charge in [0.05, 0.1) is 0 Å². The van der Waals surface area contributed by atoms with Crippen molar-refractivity contribution < 1.29 is 14.3 Å². The Morgan fingerprint density at radius 1 is 1.16 bits per heavy atom. The topological polar surface area (TPSA) is 58.6 Å². The van der Waals surface area contributed by atoms with Crippen molar-refractivity contribution in [3.63, 3.8) is 0 Å². The molecule has 2 aromatic rings. The summed E-state index contributed by atoms with van der Waals surface area (Å²) in [5, 5.41) is 3.87. The minimum atomic E-state index is -0.705. The Bertz CT molecular complexity index is 939. The van der Waals surface area contributed by atoms with Crippen LogP contribution < -0.4 is 10.1 Å². The standard InChI is InChI=1S/C23H27BrCl2N2O3/c1-5-15(3)27-23(30)16(4)28(12-17-6-7-18(25)11-21(17)26)22(29)13-31-19-8-9-20(24)14(2)10-19/h6-11,15-16H,5,12-13H2,1-4H3,(H,27,30)/t15-,16-/m1/s1. The molecule has 31 heavy (non-hydrogen) atoms. The van der Waals surface area contributed by atoms with E-state index in [9.17, 15) is 9.59 Å². The molecule has 0 unspecified atom stereocenters. The summed E-state index contributed by atoms with van der Waals surface area (Å²) in [7, 11) is 0. The Kier molecular flexibility index (Phi) is 9.66. The quantitative estimate of drug-likeness (QED) is 0.448. The average molecular weight is 530 g/mol. The molecule has 0 aliphatic rings. The maximum atomic E-state index is 13.1. The lowest BCUT2D eigenvalue weighted by molar-refractivity contribution is -0.142. The fourth-order valence-electron chi connectivity index (χ4n) is 2.82. The van der Waals surface area contributed by atoms with Gasteiger partial charge in [-0.05, 0) is 68.7 Å². The molecule has 0 spiro atoms. The minimum Gasteiger partial charge on any atom is -0.484 e. The minimum absolute atomic E-state index is 0.00742. The zero-order valence-corrected chi connectivity index (χ0v) is 21.1. The van der Waals surface area contributed by atoms with Crippen LogP contribution in [0.15, 0.2) is 40.9 Å². The number of nitrogens with zero attached hydrogens (tertiary/aromatic N) is 1. The smallest absolute Gasteiger partial charge is 0.261 e. The molecule has 0 radical (unpaired) electrons. The highest BCUT2D eigenvalue weighted by Crippen LogP contribution is 2.24. The molecule has 0 aliphatic heterocycles. The molecule has 5 nitrogen and oxygen atoms in total. The summed E-state index contributed by atoms with van der Waals surface area (Å²) in [5.41, 5.74) is 1.69. The molecule has 0 aromatic heterocycles. The SMILES string of the molecule is CC[C@@H](C)NC(=O)[C@@H](C)N(Cc1ccc(Cl)cc1Cl)C(=O)COc1ccc(Br)c(C)c1. The lowest BCUT2D eigenvalue weighted by Gasteiger charge is -2.30. The number of hydrogen-bond donors (Lipinski definition) is 1. The highest BCUT2D eigenvalue weighted by molar-refractivity contribution is 9.10. The fraction of sp³-hybridized carbons (Fsp3) is 0.391. The molecule has 0 heterocycles. The van der Waals surface area contributed by atoms with Crippen molar-refractivity contribution in [3.8, 4) is 5.75 Å². The number of carbonyl (C=O) groups is 2. The van der Waals surface area contributed by atoms with E-state index in [4.69, 9.17) is 27.9 Å². The maximum absolute atomic E-state index is 13.1. The van der Waals surface area contributed by atoms with Gasteiger partial charge in [0.15, 0.2) is 6.61 Å².